The lowest BCUT2D eigenvalue weighted by Gasteiger charge is -2.26. The molecule has 2 heterocycles. The van der Waals surface area contributed by atoms with Crippen LogP contribution in [0.25, 0.3) is 11.5 Å². The van der Waals surface area contributed by atoms with E-state index >= 15 is 0 Å². The van der Waals surface area contributed by atoms with Crippen molar-refractivity contribution in [2.75, 3.05) is 59.4 Å². The number of morpholine rings is 1. The van der Waals surface area contributed by atoms with Crippen LogP contribution < -0.4 is 14.8 Å². The molecule has 0 bridgehead atoms. The van der Waals surface area contributed by atoms with E-state index in [4.69, 9.17) is 18.6 Å². The smallest absolute Gasteiger partial charge is 0.232 e. The maximum atomic E-state index is 12.5. The summed E-state index contributed by atoms with van der Waals surface area (Å²) < 4.78 is 34.2. The van der Waals surface area contributed by atoms with Crippen molar-refractivity contribution in [1.29, 1.82) is 0 Å². The zero-order chi connectivity index (χ0) is 22.9. The number of ether oxygens (including phenoxy) is 3. The predicted octanol–water partition coefficient (Wildman–Crippen LogP) is 1.75. The fraction of sp³-hybridized carbons (Fsp3) is 0.545. The normalized spacial score (nSPS) is 15.3. The molecule has 1 aliphatic heterocycles. The van der Waals surface area contributed by atoms with E-state index in [1.54, 1.807) is 33.3 Å². The Hall–Kier alpha value is -2.43. The van der Waals surface area contributed by atoms with Crippen LogP contribution in [0.2, 0.25) is 0 Å². The van der Waals surface area contributed by atoms with Crippen molar-refractivity contribution in [3.63, 3.8) is 0 Å². The summed E-state index contributed by atoms with van der Waals surface area (Å²) >= 11 is 0. The van der Waals surface area contributed by atoms with Gasteiger partial charge in [-0.25, -0.2) is 4.98 Å². The minimum atomic E-state index is -1.38. The number of nitrogens with zero attached hydrogens (tertiary/aromatic N) is 2. The highest BCUT2D eigenvalue weighted by Crippen LogP contribution is 2.32. The molecule has 9 nitrogen and oxygen atoms in total. The van der Waals surface area contributed by atoms with E-state index in [0.29, 0.717) is 35.4 Å². The fourth-order valence-electron chi connectivity index (χ4n) is 3.41. The molecule has 0 unspecified atom stereocenters. The number of hydrogen-bond acceptors (Lipinski definition) is 8. The number of nitrogens with one attached hydrogen (secondary N) is 1. The van der Waals surface area contributed by atoms with E-state index in [1.165, 1.54) is 0 Å². The number of carbonyl (C=O) groups is 1. The summed E-state index contributed by atoms with van der Waals surface area (Å²) in [5.41, 5.74) is 1.30. The van der Waals surface area contributed by atoms with Gasteiger partial charge >= 0.3 is 0 Å². The number of hydrogen-bond donors (Lipinski definition) is 1. The van der Waals surface area contributed by atoms with Gasteiger partial charge < -0.3 is 23.9 Å². The fourth-order valence-corrected chi connectivity index (χ4v) is 4.48. The first-order valence-electron chi connectivity index (χ1n) is 10.6. The number of rotatable bonds is 11. The van der Waals surface area contributed by atoms with E-state index in [9.17, 15) is 9.00 Å². The zero-order valence-corrected chi connectivity index (χ0v) is 19.7. The van der Waals surface area contributed by atoms with E-state index in [1.807, 2.05) is 6.07 Å². The van der Waals surface area contributed by atoms with Crippen molar-refractivity contribution in [3.8, 4) is 23.0 Å². The van der Waals surface area contributed by atoms with Gasteiger partial charge in [-0.3, -0.25) is 13.9 Å². The van der Waals surface area contributed by atoms with Crippen LogP contribution in [0.5, 0.6) is 11.5 Å². The SMILES string of the molecule is COc1ccc(-c2nc(C[S@@](=O)CC(=O)NCCCN3CCOCC3)c(C)o2)cc1OC. The van der Waals surface area contributed by atoms with Crippen molar-refractivity contribution in [2.45, 2.75) is 19.1 Å². The van der Waals surface area contributed by atoms with Crippen molar-refractivity contribution in [3.05, 3.63) is 29.7 Å². The Bertz CT molecular complexity index is 926. The lowest BCUT2D eigenvalue weighted by molar-refractivity contribution is -0.118. The summed E-state index contributed by atoms with van der Waals surface area (Å²) in [5, 5.41) is 2.85. The third-order valence-electron chi connectivity index (χ3n) is 5.19. The number of amides is 1. The highest BCUT2D eigenvalue weighted by molar-refractivity contribution is 7.84. The molecule has 1 aromatic carbocycles. The second-order valence-electron chi connectivity index (χ2n) is 7.48. The Morgan fingerprint density at radius 3 is 2.69 bits per heavy atom. The molecule has 1 fully saturated rings. The summed E-state index contributed by atoms with van der Waals surface area (Å²) in [7, 11) is 1.75. The van der Waals surface area contributed by atoms with Crippen molar-refractivity contribution in [2.24, 2.45) is 0 Å². The second kappa shape index (κ2) is 12.0. The number of carbonyl (C=O) groups excluding carboxylic acids is 1. The minimum absolute atomic E-state index is 0.0600. The van der Waals surface area contributed by atoms with E-state index in [2.05, 4.69) is 15.2 Å². The Balaban J connectivity index is 1.47. The Labute approximate surface area is 190 Å². The van der Waals surface area contributed by atoms with E-state index < -0.39 is 10.8 Å². The highest BCUT2D eigenvalue weighted by Gasteiger charge is 2.17. The molecule has 32 heavy (non-hydrogen) atoms. The van der Waals surface area contributed by atoms with Crippen molar-refractivity contribution in [1.82, 2.24) is 15.2 Å². The van der Waals surface area contributed by atoms with Crippen molar-refractivity contribution >= 4 is 16.7 Å². The van der Waals surface area contributed by atoms with Gasteiger partial charge in [-0.15, -0.1) is 0 Å². The monoisotopic (exact) mass is 465 g/mol. The molecule has 1 N–H and O–H groups in total. The number of aromatic nitrogens is 1. The molecular weight excluding hydrogens is 434 g/mol. The summed E-state index contributed by atoms with van der Waals surface area (Å²) in [4.78, 5) is 18.9. The molecule has 10 heteroatoms. The van der Waals surface area contributed by atoms with Gasteiger partial charge in [0.25, 0.3) is 0 Å². The molecule has 3 rings (SSSR count). The summed E-state index contributed by atoms with van der Waals surface area (Å²) in [6.07, 6.45) is 0.857. The van der Waals surface area contributed by atoms with Gasteiger partial charge in [0.1, 0.15) is 11.5 Å². The lowest BCUT2D eigenvalue weighted by Crippen LogP contribution is -2.38. The van der Waals surface area contributed by atoms with Gasteiger partial charge in [-0.05, 0) is 38.1 Å². The van der Waals surface area contributed by atoms with Gasteiger partial charge in [0.2, 0.25) is 11.8 Å². The predicted molar refractivity (Wildman–Crippen MR) is 121 cm³/mol. The summed E-state index contributed by atoms with van der Waals surface area (Å²) in [6.45, 7) is 6.65. The Kier molecular flexibility index (Phi) is 9.07. The van der Waals surface area contributed by atoms with Gasteiger partial charge in [0, 0.05) is 36.0 Å². The molecular formula is C22H31N3O6S. The van der Waals surface area contributed by atoms with Crippen LogP contribution in [0, 0.1) is 6.92 Å². The molecule has 1 atom stereocenters. The van der Waals surface area contributed by atoms with Crippen LogP contribution in [-0.2, 0) is 26.1 Å². The van der Waals surface area contributed by atoms with Gasteiger partial charge in [0.05, 0.1) is 38.9 Å². The third-order valence-corrected chi connectivity index (χ3v) is 6.37. The van der Waals surface area contributed by atoms with Crippen LogP contribution in [0.3, 0.4) is 0 Å². The van der Waals surface area contributed by atoms with Crippen LogP contribution in [0.15, 0.2) is 22.6 Å². The second-order valence-corrected chi connectivity index (χ2v) is 8.93. The molecule has 0 saturated carbocycles. The van der Waals surface area contributed by atoms with Crippen LogP contribution in [0.1, 0.15) is 17.9 Å². The number of methoxy groups -OCH3 is 2. The standard InChI is InChI=1S/C22H31N3O6S/c1-16-18(24-22(31-16)17-5-6-19(28-2)20(13-17)29-3)14-32(27)15-21(26)23-7-4-8-25-9-11-30-12-10-25/h5-6,13H,4,7-12,14-15H2,1-3H3,(H,23,26)/t32-/m1/s1. The molecule has 0 aliphatic carbocycles. The zero-order valence-electron chi connectivity index (χ0n) is 18.8. The van der Waals surface area contributed by atoms with E-state index in [-0.39, 0.29) is 17.4 Å². The molecule has 176 valence electrons. The maximum Gasteiger partial charge on any atom is 0.232 e. The number of oxazole rings is 1. The van der Waals surface area contributed by atoms with Crippen LogP contribution in [-0.4, -0.2) is 79.4 Å². The molecule has 0 spiro atoms. The first kappa shape index (κ1) is 24.2. The van der Waals surface area contributed by atoms with E-state index in [0.717, 1.165) is 44.8 Å². The average Bonchev–Trinajstić information content (AvgIpc) is 3.16. The molecule has 2 aromatic rings. The number of benzene rings is 1. The molecule has 0 radical (unpaired) electrons. The van der Waals surface area contributed by atoms with Gasteiger partial charge in [-0.2, -0.15) is 0 Å². The average molecular weight is 466 g/mol. The van der Waals surface area contributed by atoms with Crippen LogP contribution >= 0.6 is 0 Å². The molecule has 1 amide bonds. The molecule has 1 aliphatic rings. The van der Waals surface area contributed by atoms with Gasteiger partial charge in [0.15, 0.2) is 11.5 Å². The Morgan fingerprint density at radius 1 is 1.22 bits per heavy atom. The van der Waals surface area contributed by atoms with Gasteiger partial charge in [-0.1, -0.05) is 0 Å². The van der Waals surface area contributed by atoms with Crippen molar-refractivity contribution < 1.29 is 27.6 Å². The first-order valence-corrected chi connectivity index (χ1v) is 12.1. The quantitative estimate of drug-likeness (QED) is 0.501. The van der Waals surface area contributed by atoms with Crippen LogP contribution in [0.4, 0.5) is 0 Å². The minimum Gasteiger partial charge on any atom is -0.493 e. The molecule has 1 saturated heterocycles. The number of aryl methyl sites for hydroxylation is 1. The lowest BCUT2D eigenvalue weighted by atomic mass is 10.2. The summed E-state index contributed by atoms with van der Waals surface area (Å²) in [5.74, 6) is 2.04. The Morgan fingerprint density at radius 2 is 1.97 bits per heavy atom. The summed E-state index contributed by atoms with van der Waals surface area (Å²) in [6, 6.07) is 5.36. The molecule has 1 aromatic heterocycles. The third kappa shape index (κ3) is 6.78. The largest absolute Gasteiger partial charge is 0.493 e. The topological polar surface area (TPSA) is 103 Å². The maximum absolute atomic E-state index is 12.5. The first-order chi connectivity index (χ1) is 15.5. The highest BCUT2D eigenvalue weighted by atomic mass is 32.2.